The van der Waals surface area contributed by atoms with Crippen molar-refractivity contribution in [3.63, 3.8) is 0 Å². The van der Waals surface area contributed by atoms with E-state index in [0.717, 1.165) is 17.7 Å². The molecule has 0 atom stereocenters. The molecule has 1 aromatic heterocycles. The maximum absolute atomic E-state index is 14.0. The van der Waals surface area contributed by atoms with Crippen LogP contribution in [0.15, 0.2) is 54.4 Å². The summed E-state index contributed by atoms with van der Waals surface area (Å²) < 4.78 is 14.0. The summed E-state index contributed by atoms with van der Waals surface area (Å²) >= 11 is 1.62. The van der Waals surface area contributed by atoms with E-state index in [1.165, 1.54) is 6.07 Å². The highest BCUT2D eigenvalue weighted by molar-refractivity contribution is 7.09. The molecule has 1 fully saturated rings. The number of amides is 2. The van der Waals surface area contributed by atoms with Gasteiger partial charge in [0.15, 0.2) is 0 Å². The smallest absolute Gasteiger partial charge is 0.318 e. The first-order chi connectivity index (χ1) is 11.6. The molecule has 0 spiro atoms. The second kappa shape index (κ2) is 7.18. The van der Waals surface area contributed by atoms with Crippen LogP contribution in [0.25, 0.3) is 0 Å². The fraction of sp³-hybridized carbons (Fsp3) is 0.316. The van der Waals surface area contributed by atoms with Crippen LogP contribution in [0.1, 0.15) is 23.3 Å². The highest BCUT2D eigenvalue weighted by Gasteiger charge is 2.46. The summed E-state index contributed by atoms with van der Waals surface area (Å²) in [6.45, 7) is 5.23. The van der Waals surface area contributed by atoms with Crippen molar-refractivity contribution >= 4 is 17.4 Å². The minimum absolute atomic E-state index is 0.133. The van der Waals surface area contributed by atoms with Crippen LogP contribution in [-0.2, 0) is 12.0 Å². The van der Waals surface area contributed by atoms with Gasteiger partial charge in [0.05, 0.1) is 6.54 Å². The van der Waals surface area contributed by atoms with E-state index in [1.54, 1.807) is 28.4 Å². The van der Waals surface area contributed by atoms with E-state index < -0.39 is 0 Å². The lowest BCUT2D eigenvalue weighted by Gasteiger charge is -2.23. The molecule has 3 rings (SSSR count). The quantitative estimate of drug-likeness (QED) is 0.746. The van der Waals surface area contributed by atoms with Gasteiger partial charge in [0.25, 0.3) is 0 Å². The minimum Gasteiger partial charge on any atom is -0.337 e. The maximum atomic E-state index is 14.0. The van der Waals surface area contributed by atoms with E-state index in [2.05, 4.69) is 11.9 Å². The highest BCUT2D eigenvalue weighted by atomic mass is 32.1. The molecular weight excluding hydrogens is 323 g/mol. The molecule has 2 amide bonds. The van der Waals surface area contributed by atoms with E-state index in [0.29, 0.717) is 25.2 Å². The van der Waals surface area contributed by atoms with Crippen LogP contribution in [-0.4, -0.2) is 24.0 Å². The zero-order chi connectivity index (χ0) is 17.0. The lowest BCUT2D eigenvalue weighted by molar-refractivity contribution is 0.200. The number of thiophene rings is 1. The van der Waals surface area contributed by atoms with Crippen molar-refractivity contribution < 1.29 is 9.18 Å². The van der Waals surface area contributed by atoms with E-state index in [4.69, 9.17) is 0 Å². The molecule has 126 valence electrons. The van der Waals surface area contributed by atoms with E-state index in [9.17, 15) is 9.18 Å². The third-order valence-electron chi connectivity index (χ3n) is 4.44. The van der Waals surface area contributed by atoms with Gasteiger partial charge < -0.3 is 10.2 Å². The number of benzene rings is 1. The number of nitrogens with zero attached hydrogens (tertiary/aromatic N) is 1. The predicted molar refractivity (Wildman–Crippen MR) is 95.6 cm³/mol. The molecule has 3 nitrogen and oxygen atoms in total. The molecule has 1 N–H and O–H groups in total. The van der Waals surface area contributed by atoms with Crippen LogP contribution in [0.2, 0.25) is 0 Å². The van der Waals surface area contributed by atoms with Gasteiger partial charge in [0.2, 0.25) is 0 Å². The zero-order valence-corrected chi connectivity index (χ0v) is 14.3. The standard InChI is InChI=1S/C19H21FN2OS/c1-2-11-22(13-15-6-5-12-24-15)18(23)21-14-19(9-10-19)16-7-3-4-8-17(16)20/h2-8,12H,1,9-11,13-14H2,(H,21,23). The number of carbonyl (C=O) groups excluding carboxylic acids is 1. The topological polar surface area (TPSA) is 32.3 Å². The molecule has 1 saturated carbocycles. The van der Waals surface area contributed by atoms with Crippen molar-refractivity contribution in [1.82, 2.24) is 10.2 Å². The van der Waals surface area contributed by atoms with Gasteiger partial charge in [-0.3, -0.25) is 0 Å². The number of hydrogen-bond donors (Lipinski definition) is 1. The second-order valence-electron chi connectivity index (χ2n) is 6.17. The van der Waals surface area contributed by atoms with Gasteiger partial charge >= 0.3 is 6.03 Å². The molecular formula is C19H21FN2OS. The van der Waals surface area contributed by atoms with Gasteiger partial charge in [-0.1, -0.05) is 30.3 Å². The van der Waals surface area contributed by atoms with Crippen LogP contribution >= 0.6 is 11.3 Å². The number of hydrogen-bond acceptors (Lipinski definition) is 2. The molecule has 2 aromatic rings. The monoisotopic (exact) mass is 344 g/mol. The lowest BCUT2D eigenvalue weighted by atomic mass is 9.95. The SMILES string of the molecule is C=CCN(Cc1cccs1)C(=O)NCC1(c2ccccc2F)CC1. The Morgan fingerprint density at radius 2 is 2.12 bits per heavy atom. The number of urea groups is 1. The third-order valence-corrected chi connectivity index (χ3v) is 5.30. The molecule has 24 heavy (non-hydrogen) atoms. The Labute approximate surface area is 145 Å². The molecule has 1 aliphatic carbocycles. The summed E-state index contributed by atoms with van der Waals surface area (Å²) in [6.07, 6.45) is 3.53. The largest absolute Gasteiger partial charge is 0.337 e. The molecule has 5 heteroatoms. The van der Waals surface area contributed by atoms with Crippen LogP contribution < -0.4 is 5.32 Å². The number of halogens is 1. The lowest BCUT2D eigenvalue weighted by Crippen LogP contribution is -2.42. The molecule has 0 saturated heterocycles. The maximum Gasteiger partial charge on any atom is 0.318 e. The minimum atomic E-state index is -0.246. The summed E-state index contributed by atoms with van der Waals surface area (Å²) in [5, 5.41) is 4.98. The van der Waals surface area contributed by atoms with Crippen LogP contribution in [0.4, 0.5) is 9.18 Å². The number of nitrogens with one attached hydrogen (secondary N) is 1. The van der Waals surface area contributed by atoms with Gasteiger partial charge in [-0.05, 0) is 35.9 Å². The first-order valence-electron chi connectivity index (χ1n) is 8.06. The molecule has 0 unspecified atom stereocenters. The fourth-order valence-corrected chi connectivity index (χ4v) is 3.63. The number of carbonyl (C=O) groups is 1. The Balaban J connectivity index is 1.63. The Kier molecular flexibility index (Phi) is 5.00. The predicted octanol–water partition coefficient (Wildman–Crippen LogP) is 4.32. The first kappa shape index (κ1) is 16.7. The fourth-order valence-electron chi connectivity index (χ4n) is 2.91. The van der Waals surface area contributed by atoms with Gasteiger partial charge in [0.1, 0.15) is 5.82 Å². The van der Waals surface area contributed by atoms with Crippen LogP contribution in [0.5, 0.6) is 0 Å². The molecule has 0 aliphatic heterocycles. The third kappa shape index (κ3) is 3.67. The average molecular weight is 344 g/mol. The molecule has 0 radical (unpaired) electrons. The molecule has 1 heterocycles. The molecule has 0 bridgehead atoms. The van der Waals surface area contributed by atoms with Crippen molar-refractivity contribution in [3.05, 3.63) is 70.7 Å². The van der Waals surface area contributed by atoms with Crippen molar-refractivity contribution in [3.8, 4) is 0 Å². The van der Waals surface area contributed by atoms with Gasteiger partial charge in [-0.15, -0.1) is 17.9 Å². The Morgan fingerprint density at radius 1 is 1.33 bits per heavy atom. The average Bonchev–Trinajstić information content (AvgIpc) is 3.19. The summed E-state index contributed by atoms with van der Waals surface area (Å²) in [6, 6.07) is 10.7. The summed E-state index contributed by atoms with van der Waals surface area (Å²) in [5.74, 6) is -0.189. The van der Waals surface area contributed by atoms with Gasteiger partial charge in [0, 0.05) is 23.4 Å². The number of rotatable bonds is 7. The highest BCUT2D eigenvalue weighted by Crippen LogP contribution is 2.48. The Bertz CT molecular complexity index is 710. The van der Waals surface area contributed by atoms with Crippen molar-refractivity contribution in [1.29, 1.82) is 0 Å². The second-order valence-corrected chi connectivity index (χ2v) is 7.20. The van der Waals surface area contributed by atoms with Crippen LogP contribution in [0, 0.1) is 5.82 Å². The van der Waals surface area contributed by atoms with Crippen molar-refractivity contribution in [2.75, 3.05) is 13.1 Å². The normalized spacial score (nSPS) is 14.9. The summed E-state index contributed by atoms with van der Waals surface area (Å²) in [5.41, 5.74) is 0.461. The Hall–Kier alpha value is -2.14. The zero-order valence-electron chi connectivity index (χ0n) is 13.5. The summed E-state index contributed by atoms with van der Waals surface area (Å²) in [4.78, 5) is 15.4. The van der Waals surface area contributed by atoms with E-state index in [-0.39, 0.29) is 17.3 Å². The van der Waals surface area contributed by atoms with E-state index in [1.807, 2.05) is 29.6 Å². The van der Waals surface area contributed by atoms with Crippen LogP contribution in [0.3, 0.4) is 0 Å². The van der Waals surface area contributed by atoms with E-state index >= 15 is 0 Å². The summed E-state index contributed by atoms with van der Waals surface area (Å²) in [7, 11) is 0. The first-order valence-corrected chi connectivity index (χ1v) is 8.94. The van der Waals surface area contributed by atoms with Gasteiger partial charge in [-0.2, -0.15) is 0 Å². The molecule has 1 aromatic carbocycles. The Morgan fingerprint density at radius 3 is 2.75 bits per heavy atom. The van der Waals surface area contributed by atoms with Gasteiger partial charge in [-0.25, -0.2) is 9.18 Å². The molecule has 1 aliphatic rings. The van der Waals surface area contributed by atoms with Crippen molar-refractivity contribution in [2.24, 2.45) is 0 Å². The van der Waals surface area contributed by atoms with Crippen molar-refractivity contribution in [2.45, 2.75) is 24.8 Å².